The monoisotopic (exact) mass is 238 g/mol. The molecule has 0 radical (unpaired) electrons. The highest BCUT2D eigenvalue weighted by atomic mass is 19.4. The largest absolute Gasteiger partial charge is 0.858 e. The molecule has 7 heteroatoms. The molecule has 16 heavy (non-hydrogen) atoms. The fourth-order valence-corrected chi connectivity index (χ4v) is 1.05. The quantitative estimate of drug-likeness (QED) is 0.417. The number of benzene rings is 1. The molecule has 0 aliphatic carbocycles. The zero-order valence-electron chi connectivity index (χ0n) is 7.90. The van der Waals surface area contributed by atoms with Crippen molar-refractivity contribution >= 4 is 5.90 Å². The summed E-state index contributed by atoms with van der Waals surface area (Å²) in [6, 6.07) is 0.855. The number of hydrogen-bond donors (Lipinski definition) is 0. The Kier molecular flexibility index (Phi) is 3.16. The van der Waals surface area contributed by atoms with Crippen molar-refractivity contribution in [3.8, 4) is 0 Å². The van der Waals surface area contributed by atoms with Crippen molar-refractivity contribution in [2.45, 2.75) is 6.18 Å². The van der Waals surface area contributed by atoms with Crippen molar-refractivity contribution < 1.29 is 27.1 Å². The van der Waals surface area contributed by atoms with E-state index < -0.39 is 34.8 Å². The summed E-state index contributed by atoms with van der Waals surface area (Å²) in [5.74, 6) is -5.06. The molecule has 0 atom stereocenters. The van der Waals surface area contributed by atoms with E-state index in [9.17, 15) is 27.1 Å². The van der Waals surface area contributed by atoms with Crippen LogP contribution in [0.25, 0.3) is 0 Å². The molecule has 0 aliphatic heterocycles. The first kappa shape index (κ1) is 12.4. The zero-order valence-corrected chi connectivity index (χ0v) is 7.90. The Bertz CT molecular complexity index is 438. The Balaban J connectivity index is 3.41. The predicted molar refractivity (Wildman–Crippen MR) is 43.8 cm³/mol. The third-order valence-corrected chi connectivity index (χ3v) is 1.82. The highest BCUT2D eigenvalue weighted by Crippen LogP contribution is 2.32. The molecule has 0 heterocycles. The van der Waals surface area contributed by atoms with Crippen LogP contribution in [0.15, 0.2) is 17.1 Å². The maximum absolute atomic E-state index is 13.1. The highest BCUT2D eigenvalue weighted by Gasteiger charge is 2.35. The second-order valence-corrected chi connectivity index (χ2v) is 2.82. The molecular weight excluding hydrogens is 233 g/mol. The highest BCUT2D eigenvalue weighted by molar-refractivity contribution is 5.90. The summed E-state index contributed by atoms with van der Waals surface area (Å²) in [7, 11) is 1.03. The van der Waals surface area contributed by atoms with E-state index in [0.29, 0.717) is 12.1 Å². The van der Waals surface area contributed by atoms with E-state index in [1.165, 1.54) is 0 Å². The Labute approximate surface area is 87.0 Å². The lowest BCUT2D eigenvalue weighted by molar-refractivity contribution is -0.213. The van der Waals surface area contributed by atoms with E-state index >= 15 is 0 Å². The summed E-state index contributed by atoms with van der Waals surface area (Å²) in [6.45, 7) is 0. The number of aliphatic imine (C=N–C) groups is 1. The van der Waals surface area contributed by atoms with Crippen LogP contribution in [0.4, 0.5) is 22.0 Å². The molecular formula is C9H5F5NO-. The molecule has 0 aliphatic rings. The van der Waals surface area contributed by atoms with Gasteiger partial charge in [0.2, 0.25) is 0 Å². The Morgan fingerprint density at radius 3 is 2.19 bits per heavy atom. The zero-order chi connectivity index (χ0) is 12.5. The fourth-order valence-electron chi connectivity index (χ4n) is 1.05. The van der Waals surface area contributed by atoms with E-state index in [4.69, 9.17) is 0 Å². The topological polar surface area (TPSA) is 35.4 Å². The lowest BCUT2D eigenvalue weighted by atomic mass is 10.1. The van der Waals surface area contributed by atoms with Gasteiger partial charge in [-0.05, 0) is 12.0 Å². The van der Waals surface area contributed by atoms with Crippen molar-refractivity contribution in [1.29, 1.82) is 0 Å². The minimum atomic E-state index is -5.00. The van der Waals surface area contributed by atoms with Gasteiger partial charge in [-0.3, -0.25) is 0 Å². The van der Waals surface area contributed by atoms with Crippen LogP contribution < -0.4 is 5.11 Å². The first-order valence-electron chi connectivity index (χ1n) is 3.98. The number of halogens is 5. The first-order valence-corrected chi connectivity index (χ1v) is 3.98. The average molecular weight is 238 g/mol. The van der Waals surface area contributed by atoms with E-state index in [-0.39, 0.29) is 0 Å². The van der Waals surface area contributed by atoms with Gasteiger partial charge < -0.3 is 10.1 Å². The van der Waals surface area contributed by atoms with Crippen LogP contribution in [0.5, 0.6) is 0 Å². The van der Waals surface area contributed by atoms with E-state index in [2.05, 4.69) is 4.99 Å². The summed E-state index contributed by atoms with van der Waals surface area (Å²) in [6.07, 6.45) is -5.00. The molecule has 0 saturated heterocycles. The van der Waals surface area contributed by atoms with Gasteiger partial charge in [-0.25, -0.2) is 8.78 Å². The van der Waals surface area contributed by atoms with E-state index in [1.54, 1.807) is 0 Å². The molecule has 0 N–H and O–H groups in total. The van der Waals surface area contributed by atoms with Gasteiger partial charge in [0.1, 0.15) is 0 Å². The molecule has 0 bridgehead atoms. The summed E-state index contributed by atoms with van der Waals surface area (Å²) in [4.78, 5) is 3.03. The fraction of sp³-hybridized carbons (Fsp3) is 0.222. The summed E-state index contributed by atoms with van der Waals surface area (Å²) in [5, 5.41) is 10.9. The van der Waals surface area contributed by atoms with Crippen molar-refractivity contribution in [2.75, 3.05) is 7.05 Å². The molecule has 0 spiro atoms. The second kappa shape index (κ2) is 4.07. The standard InChI is InChI=1S/C9H6F5NO/c1-15-8(16)4-2-3-5(9(12,13)14)7(11)6(4)10/h2-3H,1H3,(H,15,16)/p-1. The minimum Gasteiger partial charge on any atom is -0.858 e. The van der Waals surface area contributed by atoms with Crippen molar-refractivity contribution in [3.63, 3.8) is 0 Å². The lowest BCUT2D eigenvalue weighted by Crippen LogP contribution is -2.22. The van der Waals surface area contributed by atoms with Gasteiger partial charge >= 0.3 is 6.18 Å². The third kappa shape index (κ3) is 2.12. The van der Waals surface area contributed by atoms with Gasteiger partial charge in [-0.2, -0.15) is 13.2 Å². The van der Waals surface area contributed by atoms with E-state index in [1.807, 2.05) is 0 Å². The normalized spacial score (nSPS) is 13.0. The molecule has 0 unspecified atom stereocenters. The lowest BCUT2D eigenvalue weighted by Gasteiger charge is -2.14. The van der Waals surface area contributed by atoms with Crippen LogP contribution in [-0.4, -0.2) is 12.9 Å². The first-order chi connectivity index (χ1) is 7.29. The molecule has 0 amide bonds. The van der Waals surface area contributed by atoms with Gasteiger partial charge in [-0.15, -0.1) is 0 Å². The molecule has 88 valence electrons. The van der Waals surface area contributed by atoms with Crippen LogP contribution in [0.1, 0.15) is 11.1 Å². The van der Waals surface area contributed by atoms with Crippen molar-refractivity contribution in [2.24, 2.45) is 4.99 Å². The predicted octanol–water partition coefficient (Wildman–Crippen LogP) is 1.72. The van der Waals surface area contributed by atoms with Crippen molar-refractivity contribution in [1.82, 2.24) is 0 Å². The van der Waals surface area contributed by atoms with Gasteiger partial charge in [0.25, 0.3) is 0 Å². The van der Waals surface area contributed by atoms with Crippen LogP contribution in [-0.2, 0) is 6.18 Å². The van der Waals surface area contributed by atoms with Crippen LogP contribution in [0, 0.1) is 11.6 Å². The SMILES string of the molecule is CN=C([O-])c1ccc(C(F)(F)F)c(F)c1F. The van der Waals surface area contributed by atoms with Gasteiger partial charge in [0, 0.05) is 12.6 Å². The Morgan fingerprint density at radius 1 is 1.19 bits per heavy atom. The minimum absolute atomic E-state index is 0.302. The summed E-state index contributed by atoms with van der Waals surface area (Å²) < 4.78 is 62.4. The number of hydrogen-bond acceptors (Lipinski definition) is 2. The molecule has 1 aromatic carbocycles. The summed E-state index contributed by atoms with van der Waals surface area (Å²) in [5.41, 5.74) is -2.58. The second-order valence-electron chi connectivity index (χ2n) is 2.82. The molecule has 0 fully saturated rings. The van der Waals surface area contributed by atoms with Gasteiger partial charge in [0.05, 0.1) is 5.56 Å². The Morgan fingerprint density at radius 2 is 1.75 bits per heavy atom. The van der Waals surface area contributed by atoms with Crippen LogP contribution in [0.3, 0.4) is 0 Å². The third-order valence-electron chi connectivity index (χ3n) is 1.82. The molecule has 2 nitrogen and oxygen atoms in total. The maximum atomic E-state index is 13.1. The van der Waals surface area contributed by atoms with E-state index in [0.717, 1.165) is 7.05 Å². The Hall–Kier alpha value is -1.66. The molecule has 0 saturated carbocycles. The molecule has 0 aromatic heterocycles. The number of rotatable bonds is 1. The maximum Gasteiger partial charge on any atom is 0.419 e. The van der Waals surface area contributed by atoms with Gasteiger partial charge in [-0.1, -0.05) is 6.07 Å². The number of alkyl halides is 3. The smallest absolute Gasteiger partial charge is 0.419 e. The molecule has 1 aromatic rings. The van der Waals surface area contributed by atoms with Crippen molar-refractivity contribution in [3.05, 3.63) is 34.9 Å². The number of nitrogens with zero attached hydrogens (tertiary/aromatic N) is 1. The summed E-state index contributed by atoms with van der Waals surface area (Å²) >= 11 is 0. The van der Waals surface area contributed by atoms with Gasteiger partial charge in [0.15, 0.2) is 11.6 Å². The molecule has 1 rings (SSSR count). The average Bonchev–Trinajstić information content (AvgIpc) is 2.19. The van der Waals surface area contributed by atoms with Crippen LogP contribution in [0.2, 0.25) is 0 Å². The van der Waals surface area contributed by atoms with Crippen LogP contribution >= 0.6 is 0 Å².